The van der Waals surface area contributed by atoms with E-state index in [1.165, 1.54) is 6.07 Å². The molecule has 0 saturated carbocycles. The number of likely N-dealkylation sites (N-methyl/N-ethyl adjacent to an activating group) is 1. The first kappa shape index (κ1) is 26.2. The number of halogens is 4. The maximum absolute atomic E-state index is 14.4. The summed E-state index contributed by atoms with van der Waals surface area (Å²) in [6.07, 6.45) is 1.69. The van der Waals surface area contributed by atoms with E-state index in [0.29, 0.717) is 36.3 Å². The van der Waals surface area contributed by atoms with Crippen LogP contribution in [-0.2, 0) is 23.3 Å². The lowest BCUT2D eigenvalue weighted by Crippen LogP contribution is -2.34. The molecule has 8 nitrogen and oxygen atoms in total. The summed E-state index contributed by atoms with van der Waals surface area (Å²) in [4.78, 5) is 6.79. The third-order valence-corrected chi connectivity index (χ3v) is 8.47. The Balaban J connectivity index is 1.47. The minimum absolute atomic E-state index is 0.0180. The van der Waals surface area contributed by atoms with Crippen molar-refractivity contribution in [2.45, 2.75) is 25.2 Å². The zero-order valence-corrected chi connectivity index (χ0v) is 21.4. The van der Waals surface area contributed by atoms with Crippen LogP contribution in [0.3, 0.4) is 0 Å². The van der Waals surface area contributed by atoms with Crippen molar-refractivity contribution in [1.29, 1.82) is 0 Å². The van der Waals surface area contributed by atoms with E-state index in [-0.39, 0.29) is 17.5 Å². The highest BCUT2D eigenvalue weighted by Crippen LogP contribution is 2.31. The first-order valence-electron chi connectivity index (χ1n) is 11.8. The maximum Gasteiger partial charge on any atom is 0.573 e. The van der Waals surface area contributed by atoms with Gasteiger partial charge in [-0.05, 0) is 55.8 Å². The van der Waals surface area contributed by atoms with E-state index in [4.69, 9.17) is 4.98 Å². The SMILES string of the molecule is CN(CCc1cn(-c2cnn(C)c2)c2nc(-c3ccc(OC(F)(F)F)c(F)c3)ccc12)C1CCS(=O)(=O)C1. The molecule has 1 aromatic carbocycles. The summed E-state index contributed by atoms with van der Waals surface area (Å²) in [6, 6.07) is 6.72. The predicted molar refractivity (Wildman–Crippen MR) is 133 cm³/mol. The Hall–Kier alpha value is -3.45. The first-order chi connectivity index (χ1) is 17.9. The number of alkyl halides is 3. The maximum atomic E-state index is 14.4. The van der Waals surface area contributed by atoms with Crippen LogP contribution < -0.4 is 4.74 Å². The Morgan fingerprint density at radius 2 is 1.97 bits per heavy atom. The smallest absolute Gasteiger partial charge is 0.403 e. The number of pyridine rings is 1. The van der Waals surface area contributed by atoms with E-state index < -0.39 is 27.8 Å². The lowest BCUT2D eigenvalue weighted by atomic mass is 10.1. The van der Waals surface area contributed by atoms with Gasteiger partial charge in [0.05, 0.1) is 29.1 Å². The van der Waals surface area contributed by atoms with Crippen molar-refractivity contribution in [2.24, 2.45) is 7.05 Å². The van der Waals surface area contributed by atoms with E-state index in [2.05, 4.69) is 14.7 Å². The zero-order chi connectivity index (χ0) is 27.2. The molecular formula is C25H25F4N5O3S. The van der Waals surface area contributed by atoms with Crippen molar-refractivity contribution >= 4 is 20.9 Å². The van der Waals surface area contributed by atoms with E-state index in [1.54, 1.807) is 24.0 Å². The molecule has 1 aliphatic rings. The molecule has 1 unspecified atom stereocenters. The second-order valence-electron chi connectivity index (χ2n) is 9.44. The quantitative estimate of drug-likeness (QED) is 0.322. The number of hydrogen-bond acceptors (Lipinski definition) is 6. The molecule has 0 radical (unpaired) electrons. The van der Waals surface area contributed by atoms with E-state index in [0.717, 1.165) is 28.8 Å². The van der Waals surface area contributed by atoms with Gasteiger partial charge in [0.25, 0.3) is 0 Å². The van der Waals surface area contributed by atoms with E-state index in [9.17, 15) is 26.0 Å². The molecule has 0 spiro atoms. The molecule has 13 heteroatoms. The molecule has 1 saturated heterocycles. The van der Waals surface area contributed by atoms with Gasteiger partial charge in [-0.2, -0.15) is 5.10 Å². The summed E-state index contributed by atoms with van der Waals surface area (Å²) < 4.78 is 82.9. The molecule has 1 atom stereocenters. The van der Waals surface area contributed by atoms with Crippen molar-refractivity contribution in [2.75, 3.05) is 25.1 Å². The van der Waals surface area contributed by atoms with Gasteiger partial charge < -0.3 is 9.64 Å². The standard InChI is InChI=1S/C25H25F4N5O3S/c1-32(18-8-10-38(35,36)15-18)9-7-17-13-34(19-12-30-33(2)14-19)24-20(17)4-5-22(31-24)16-3-6-23(21(26)11-16)37-25(27,28)29/h3-6,11-14,18H,7-10,15H2,1-2H3. The molecule has 0 N–H and O–H groups in total. The molecule has 0 aliphatic carbocycles. The van der Waals surface area contributed by atoms with E-state index in [1.807, 2.05) is 30.1 Å². The third-order valence-electron chi connectivity index (χ3n) is 6.72. The summed E-state index contributed by atoms with van der Waals surface area (Å²) in [5.41, 5.74) is 2.98. The zero-order valence-electron chi connectivity index (χ0n) is 20.6. The van der Waals surface area contributed by atoms with Gasteiger partial charge in [0.1, 0.15) is 5.65 Å². The molecule has 5 rings (SSSR count). The van der Waals surface area contributed by atoms with Gasteiger partial charge in [0, 0.05) is 43.0 Å². The molecule has 4 heterocycles. The number of benzene rings is 1. The molecule has 4 aromatic rings. The highest BCUT2D eigenvalue weighted by atomic mass is 32.2. The fraction of sp³-hybridized carbons (Fsp3) is 0.360. The van der Waals surface area contributed by atoms with Gasteiger partial charge in [-0.1, -0.05) is 0 Å². The van der Waals surface area contributed by atoms with Crippen molar-refractivity contribution < 1.29 is 30.7 Å². The van der Waals surface area contributed by atoms with Gasteiger partial charge in [-0.15, -0.1) is 13.2 Å². The van der Waals surface area contributed by atoms with Crippen LogP contribution in [0.15, 0.2) is 48.9 Å². The molecule has 0 bridgehead atoms. The van der Waals surface area contributed by atoms with Gasteiger partial charge in [0.15, 0.2) is 21.4 Å². The van der Waals surface area contributed by atoms with Crippen molar-refractivity contribution in [1.82, 2.24) is 24.2 Å². The number of fused-ring (bicyclic) bond motifs is 1. The summed E-state index contributed by atoms with van der Waals surface area (Å²) in [5, 5.41) is 5.08. The summed E-state index contributed by atoms with van der Waals surface area (Å²) in [6.45, 7) is 0.639. The van der Waals surface area contributed by atoms with Crippen LogP contribution in [0.2, 0.25) is 0 Å². The van der Waals surface area contributed by atoms with Gasteiger partial charge in [0.2, 0.25) is 0 Å². The average molecular weight is 552 g/mol. The largest absolute Gasteiger partial charge is 0.573 e. The molecule has 38 heavy (non-hydrogen) atoms. The molecule has 3 aromatic heterocycles. The lowest BCUT2D eigenvalue weighted by Gasteiger charge is -2.22. The van der Waals surface area contributed by atoms with Gasteiger partial charge in [-0.25, -0.2) is 17.8 Å². The van der Waals surface area contributed by atoms with Crippen LogP contribution in [-0.4, -0.2) is 70.2 Å². The first-order valence-corrected chi connectivity index (χ1v) is 13.7. The number of aryl methyl sites for hydroxylation is 1. The van der Waals surface area contributed by atoms with Crippen molar-refractivity contribution in [3.63, 3.8) is 0 Å². The average Bonchev–Trinajstić information content (AvgIpc) is 3.54. The molecule has 202 valence electrons. The molecule has 0 amide bonds. The molecule has 1 fully saturated rings. The fourth-order valence-electron chi connectivity index (χ4n) is 4.73. The number of aromatic nitrogens is 4. The minimum Gasteiger partial charge on any atom is -0.403 e. The molecular weight excluding hydrogens is 526 g/mol. The summed E-state index contributed by atoms with van der Waals surface area (Å²) >= 11 is 0. The Morgan fingerprint density at radius 3 is 2.61 bits per heavy atom. The molecule has 1 aliphatic heterocycles. The lowest BCUT2D eigenvalue weighted by molar-refractivity contribution is -0.275. The Bertz CT molecular complexity index is 1600. The fourth-order valence-corrected chi connectivity index (χ4v) is 6.53. The van der Waals surface area contributed by atoms with Crippen LogP contribution >= 0.6 is 0 Å². The minimum atomic E-state index is -5.00. The number of rotatable bonds is 7. The van der Waals surface area contributed by atoms with Gasteiger partial charge >= 0.3 is 6.36 Å². The summed E-state index contributed by atoms with van der Waals surface area (Å²) in [5.74, 6) is -1.70. The Labute approximate surface area is 216 Å². The summed E-state index contributed by atoms with van der Waals surface area (Å²) in [7, 11) is 0.715. The Kier molecular flexibility index (Phi) is 6.68. The van der Waals surface area contributed by atoms with Crippen molar-refractivity contribution in [3.8, 4) is 22.7 Å². The topological polar surface area (TPSA) is 82.2 Å². The second kappa shape index (κ2) is 9.70. The monoisotopic (exact) mass is 551 g/mol. The normalized spacial score (nSPS) is 17.5. The van der Waals surface area contributed by atoms with Crippen LogP contribution in [0, 0.1) is 5.82 Å². The van der Waals surface area contributed by atoms with Gasteiger partial charge in [-0.3, -0.25) is 9.25 Å². The number of sulfone groups is 1. The third kappa shape index (κ3) is 5.53. The Morgan fingerprint density at radius 1 is 1.18 bits per heavy atom. The number of hydrogen-bond donors (Lipinski definition) is 0. The predicted octanol–water partition coefficient (Wildman–Crippen LogP) is 4.13. The number of ether oxygens (including phenoxy) is 1. The van der Waals surface area contributed by atoms with Crippen LogP contribution in [0.25, 0.3) is 28.0 Å². The second-order valence-corrected chi connectivity index (χ2v) is 11.7. The van der Waals surface area contributed by atoms with E-state index >= 15 is 0 Å². The van der Waals surface area contributed by atoms with Crippen LogP contribution in [0.1, 0.15) is 12.0 Å². The van der Waals surface area contributed by atoms with Crippen LogP contribution in [0.4, 0.5) is 17.6 Å². The van der Waals surface area contributed by atoms with Crippen molar-refractivity contribution in [3.05, 3.63) is 60.3 Å². The highest BCUT2D eigenvalue weighted by Gasteiger charge is 2.32. The highest BCUT2D eigenvalue weighted by molar-refractivity contribution is 7.91. The number of nitrogens with zero attached hydrogens (tertiary/aromatic N) is 5. The van der Waals surface area contributed by atoms with Crippen LogP contribution in [0.5, 0.6) is 5.75 Å².